The van der Waals surface area contributed by atoms with E-state index < -0.39 is 6.36 Å². The molecule has 0 saturated carbocycles. The van der Waals surface area contributed by atoms with Gasteiger partial charge in [-0.3, -0.25) is 0 Å². The Morgan fingerprint density at radius 1 is 1.05 bits per heavy atom. The summed E-state index contributed by atoms with van der Waals surface area (Å²) >= 11 is 0. The van der Waals surface area contributed by atoms with E-state index in [1.165, 1.54) is 12.1 Å². The predicted octanol–water partition coefficient (Wildman–Crippen LogP) is 4.29. The molecule has 0 aliphatic rings. The van der Waals surface area contributed by atoms with Crippen LogP contribution in [-0.4, -0.2) is 15.9 Å². The van der Waals surface area contributed by atoms with Crippen LogP contribution in [0.3, 0.4) is 0 Å². The van der Waals surface area contributed by atoms with Crippen molar-refractivity contribution in [2.75, 3.05) is 0 Å². The van der Waals surface area contributed by atoms with E-state index in [4.69, 9.17) is 0 Å². The molecule has 0 saturated heterocycles. The fourth-order valence-corrected chi connectivity index (χ4v) is 2.37. The summed E-state index contributed by atoms with van der Waals surface area (Å²) in [5, 5.41) is 0. The number of hydrogen-bond donors (Lipinski definition) is 0. The Balaban J connectivity index is 1.85. The molecule has 0 amide bonds. The average molecular weight is 306 g/mol. The van der Waals surface area contributed by atoms with Crippen LogP contribution in [0.15, 0.2) is 48.5 Å². The van der Waals surface area contributed by atoms with E-state index in [2.05, 4.69) is 9.72 Å². The van der Waals surface area contributed by atoms with Gasteiger partial charge in [0, 0.05) is 6.54 Å². The molecule has 0 bridgehead atoms. The van der Waals surface area contributed by atoms with Crippen molar-refractivity contribution < 1.29 is 17.9 Å². The van der Waals surface area contributed by atoms with Crippen molar-refractivity contribution in [3.8, 4) is 5.75 Å². The molecule has 0 unspecified atom stereocenters. The predicted molar refractivity (Wildman–Crippen MR) is 76.7 cm³/mol. The second-order valence-electron chi connectivity index (χ2n) is 4.93. The summed E-state index contributed by atoms with van der Waals surface area (Å²) in [5.41, 5.74) is 2.77. The number of para-hydroxylation sites is 2. The summed E-state index contributed by atoms with van der Waals surface area (Å²) in [7, 11) is 0. The third kappa shape index (κ3) is 3.05. The van der Waals surface area contributed by atoms with Crippen molar-refractivity contribution in [1.29, 1.82) is 0 Å². The molecule has 2 aromatic carbocycles. The maximum absolute atomic E-state index is 12.1. The molecule has 114 valence electrons. The van der Waals surface area contributed by atoms with Gasteiger partial charge in [0.2, 0.25) is 0 Å². The van der Waals surface area contributed by atoms with Crippen LogP contribution in [0.5, 0.6) is 5.75 Å². The van der Waals surface area contributed by atoms with Crippen molar-refractivity contribution in [2.24, 2.45) is 0 Å². The largest absolute Gasteiger partial charge is 0.573 e. The first-order chi connectivity index (χ1) is 10.4. The summed E-state index contributed by atoms with van der Waals surface area (Å²) in [6, 6.07) is 13.6. The fourth-order valence-electron chi connectivity index (χ4n) is 2.37. The second-order valence-corrected chi connectivity index (χ2v) is 4.93. The van der Waals surface area contributed by atoms with Crippen molar-refractivity contribution in [1.82, 2.24) is 9.55 Å². The zero-order chi connectivity index (χ0) is 15.7. The van der Waals surface area contributed by atoms with Crippen LogP contribution in [0, 0.1) is 6.92 Å². The number of rotatable bonds is 3. The Bertz CT molecular complexity index is 791. The van der Waals surface area contributed by atoms with Gasteiger partial charge in [-0.15, -0.1) is 13.2 Å². The van der Waals surface area contributed by atoms with E-state index >= 15 is 0 Å². The molecule has 0 radical (unpaired) electrons. The molecule has 0 atom stereocenters. The topological polar surface area (TPSA) is 27.1 Å². The molecule has 1 heterocycles. The third-order valence-electron chi connectivity index (χ3n) is 3.34. The van der Waals surface area contributed by atoms with Gasteiger partial charge in [0.05, 0.1) is 11.0 Å². The average Bonchev–Trinajstić information content (AvgIpc) is 2.76. The lowest BCUT2D eigenvalue weighted by Gasteiger charge is -2.10. The SMILES string of the molecule is Cc1nc2ccccc2n1Cc1ccc(OC(F)(F)F)cc1. The Hall–Kier alpha value is -2.50. The second kappa shape index (κ2) is 5.36. The molecule has 3 nitrogen and oxygen atoms in total. The first-order valence-electron chi connectivity index (χ1n) is 6.69. The molecule has 0 N–H and O–H groups in total. The number of aromatic nitrogens is 2. The van der Waals surface area contributed by atoms with Crippen molar-refractivity contribution in [3.63, 3.8) is 0 Å². The molecule has 0 aliphatic carbocycles. The van der Waals surface area contributed by atoms with Gasteiger partial charge >= 0.3 is 6.36 Å². The van der Waals surface area contributed by atoms with Gasteiger partial charge < -0.3 is 9.30 Å². The zero-order valence-electron chi connectivity index (χ0n) is 11.8. The van der Waals surface area contributed by atoms with Crippen LogP contribution in [0.1, 0.15) is 11.4 Å². The molecule has 3 aromatic rings. The Labute approximate surface area is 125 Å². The molecular weight excluding hydrogens is 293 g/mol. The van der Waals surface area contributed by atoms with E-state index in [9.17, 15) is 13.2 Å². The number of imidazole rings is 1. The Morgan fingerprint density at radius 2 is 1.73 bits per heavy atom. The minimum Gasteiger partial charge on any atom is -0.406 e. The lowest BCUT2D eigenvalue weighted by Crippen LogP contribution is -2.17. The maximum atomic E-state index is 12.1. The van der Waals surface area contributed by atoms with Crippen LogP contribution >= 0.6 is 0 Å². The highest BCUT2D eigenvalue weighted by Crippen LogP contribution is 2.23. The van der Waals surface area contributed by atoms with Gasteiger partial charge in [0.25, 0.3) is 0 Å². The first-order valence-corrected chi connectivity index (χ1v) is 6.69. The first kappa shape index (κ1) is 14.4. The van der Waals surface area contributed by atoms with Crippen molar-refractivity contribution in [2.45, 2.75) is 19.8 Å². The number of ether oxygens (including phenoxy) is 1. The molecule has 6 heteroatoms. The van der Waals surface area contributed by atoms with Crippen LogP contribution in [0.4, 0.5) is 13.2 Å². The van der Waals surface area contributed by atoms with Crippen LogP contribution < -0.4 is 4.74 Å². The number of benzene rings is 2. The number of halogens is 3. The van der Waals surface area contributed by atoms with Gasteiger partial charge in [-0.05, 0) is 36.8 Å². The summed E-state index contributed by atoms with van der Waals surface area (Å²) < 4.78 is 42.3. The Morgan fingerprint density at radius 3 is 2.41 bits per heavy atom. The van der Waals surface area contributed by atoms with Gasteiger partial charge in [-0.25, -0.2) is 4.98 Å². The Kier molecular flexibility index (Phi) is 3.52. The van der Waals surface area contributed by atoms with E-state index in [1.54, 1.807) is 12.1 Å². The molecule has 0 aliphatic heterocycles. The minimum atomic E-state index is -4.67. The van der Waals surface area contributed by atoms with E-state index in [-0.39, 0.29) is 5.75 Å². The van der Waals surface area contributed by atoms with Gasteiger partial charge in [-0.1, -0.05) is 24.3 Å². The van der Waals surface area contributed by atoms with Crippen molar-refractivity contribution >= 4 is 11.0 Å². The molecule has 22 heavy (non-hydrogen) atoms. The molecule has 3 rings (SSSR count). The number of nitrogens with zero attached hydrogens (tertiary/aromatic N) is 2. The lowest BCUT2D eigenvalue weighted by atomic mass is 10.2. The highest BCUT2D eigenvalue weighted by Gasteiger charge is 2.30. The van der Waals surface area contributed by atoms with E-state index in [0.29, 0.717) is 6.54 Å². The minimum absolute atomic E-state index is 0.219. The third-order valence-corrected chi connectivity index (χ3v) is 3.34. The summed E-state index contributed by atoms with van der Waals surface area (Å²) in [6.45, 7) is 2.44. The highest BCUT2D eigenvalue weighted by atomic mass is 19.4. The lowest BCUT2D eigenvalue weighted by molar-refractivity contribution is -0.274. The summed E-state index contributed by atoms with van der Waals surface area (Å²) in [4.78, 5) is 4.46. The van der Waals surface area contributed by atoms with Crippen LogP contribution in [-0.2, 0) is 6.54 Å². The number of fused-ring (bicyclic) bond motifs is 1. The highest BCUT2D eigenvalue weighted by molar-refractivity contribution is 5.75. The standard InChI is InChI=1S/C16H13F3N2O/c1-11-20-14-4-2-3-5-15(14)21(11)10-12-6-8-13(9-7-12)22-16(17,18)19/h2-9H,10H2,1H3. The van der Waals surface area contributed by atoms with Crippen LogP contribution in [0.25, 0.3) is 11.0 Å². The van der Waals surface area contributed by atoms with Gasteiger partial charge in [0.1, 0.15) is 11.6 Å². The molecule has 0 spiro atoms. The summed E-state index contributed by atoms with van der Waals surface area (Å²) in [5.74, 6) is 0.639. The summed E-state index contributed by atoms with van der Waals surface area (Å²) in [6.07, 6.45) is -4.67. The number of aryl methyl sites for hydroxylation is 1. The zero-order valence-corrected chi connectivity index (χ0v) is 11.8. The van der Waals surface area contributed by atoms with Crippen molar-refractivity contribution in [3.05, 3.63) is 59.9 Å². The normalized spacial score (nSPS) is 11.8. The molecule has 1 aromatic heterocycles. The molecular formula is C16H13F3N2O. The van der Waals surface area contributed by atoms with Gasteiger partial charge in [0.15, 0.2) is 0 Å². The van der Waals surface area contributed by atoms with Gasteiger partial charge in [-0.2, -0.15) is 0 Å². The number of hydrogen-bond acceptors (Lipinski definition) is 2. The molecule has 0 fully saturated rings. The quantitative estimate of drug-likeness (QED) is 0.721. The number of alkyl halides is 3. The van der Waals surface area contributed by atoms with E-state index in [0.717, 1.165) is 22.4 Å². The monoisotopic (exact) mass is 306 g/mol. The maximum Gasteiger partial charge on any atom is 0.573 e. The smallest absolute Gasteiger partial charge is 0.406 e. The fraction of sp³-hybridized carbons (Fsp3) is 0.188. The van der Waals surface area contributed by atoms with Crippen LogP contribution in [0.2, 0.25) is 0 Å². The van der Waals surface area contributed by atoms with E-state index in [1.807, 2.05) is 35.8 Å².